The summed E-state index contributed by atoms with van der Waals surface area (Å²) in [7, 11) is 0. The van der Waals surface area contributed by atoms with E-state index in [0.717, 1.165) is 62.4 Å². The fraction of sp³-hybridized carbons (Fsp3) is 0.727. The van der Waals surface area contributed by atoms with Gasteiger partial charge in [0, 0.05) is 43.9 Å². The first-order valence-corrected chi connectivity index (χ1v) is 11.4. The van der Waals surface area contributed by atoms with Gasteiger partial charge in [-0.3, -0.25) is 4.79 Å². The maximum atomic E-state index is 12.5. The Hall–Kier alpha value is -2.18. The second kappa shape index (κ2) is 7.92. The molecule has 7 nitrogen and oxygen atoms in total. The molecule has 29 heavy (non-hydrogen) atoms. The van der Waals surface area contributed by atoms with Gasteiger partial charge in [0.15, 0.2) is 0 Å². The van der Waals surface area contributed by atoms with Crippen molar-refractivity contribution >= 4 is 17.5 Å². The van der Waals surface area contributed by atoms with Crippen LogP contribution in [0.5, 0.6) is 0 Å². The summed E-state index contributed by atoms with van der Waals surface area (Å²) in [6.45, 7) is 6.10. The Morgan fingerprint density at radius 1 is 0.966 bits per heavy atom. The lowest BCUT2D eigenvalue weighted by molar-refractivity contribution is -0.139. The maximum absolute atomic E-state index is 12.5. The van der Waals surface area contributed by atoms with Gasteiger partial charge >= 0.3 is 0 Å². The summed E-state index contributed by atoms with van der Waals surface area (Å²) in [5.74, 6) is 4.12. The van der Waals surface area contributed by atoms with Crippen LogP contribution in [0, 0.1) is 24.7 Å². The highest BCUT2D eigenvalue weighted by Gasteiger charge is 2.34. The van der Waals surface area contributed by atoms with Crippen LogP contribution in [-0.2, 0) is 4.79 Å². The van der Waals surface area contributed by atoms with Gasteiger partial charge in [0.1, 0.15) is 12.1 Å². The Balaban J connectivity index is 1.20. The Morgan fingerprint density at radius 3 is 2.48 bits per heavy atom. The summed E-state index contributed by atoms with van der Waals surface area (Å²) in [6.07, 6.45) is 11.2. The molecule has 1 unspecified atom stereocenters. The molecular formula is C22H32N6O. The molecule has 5 rings (SSSR count). The summed E-state index contributed by atoms with van der Waals surface area (Å²) in [4.78, 5) is 25.9. The number of piperidine rings is 1. The van der Waals surface area contributed by atoms with Crippen LogP contribution >= 0.6 is 0 Å². The molecule has 2 aliphatic heterocycles. The van der Waals surface area contributed by atoms with E-state index in [1.54, 1.807) is 6.33 Å². The topological polar surface area (TPSA) is 66.6 Å². The predicted octanol–water partition coefficient (Wildman–Crippen LogP) is 3.08. The van der Waals surface area contributed by atoms with Crippen molar-refractivity contribution in [2.75, 3.05) is 31.1 Å². The quantitative estimate of drug-likeness (QED) is 0.798. The van der Waals surface area contributed by atoms with Crippen LogP contribution in [0.4, 0.5) is 5.82 Å². The fourth-order valence-electron chi connectivity index (χ4n) is 5.46. The van der Waals surface area contributed by atoms with E-state index in [2.05, 4.69) is 30.9 Å². The first-order valence-electron chi connectivity index (χ1n) is 11.4. The van der Waals surface area contributed by atoms with Crippen molar-refractivity contribution in [3.05, 3.63) is 18.1 Å². The Bertz CT molecular complexity index is 867. The van der Waals surface area contributed by atoms with E-state index in [1.807, 2.05) is 11.4 Å². The smallest absolute Gasteiger partial charge is 0.254 e. The van der Waals surface area contributed by atoms with Crippen LogP contribution in [0.2, 0.25) is 0 Å². The predicted molar refractivity (Wildman–Crippen MR) is 112 cm³/mol. The van der Waals surface area contributed by atoms with Gasteiger partial charge in [-0.1, -0.05) is 6.42 Å². The third kappa shape index (κ3) is 3.71. The minimum Gasteiger partial charge on any atom is -0.356 e. The van der Waals surface area contributed by atoms with Gasteiger partial charge in [-0.15, -0.1) is 0 Å². The fourth-order valence-corrected chi connectivity index (χ4v) is 5.46. The number of carbonyl (C=O) groups excluding carboxylic acids is 1. The number of amides is 1. The summed E-state index contributed by atoms with van der Waals surface area (Å²) in [6, 6.07) is 2.13. The standard InChI is InChI=1S/C22H32N6O/c1-16-14-20(28-22(25-16)23-15-24-28)26-10-3-6-17(7-11-26)18-8-12-27(13-9-18)21(29)19-4-2-5-19/h14-15,17-19H,2-13H2,1H3. The van der Waals surface area contributed by atoms with E-state index in [0.29, 0.717) is 17.6 Å². The molecule has 156 valence electrons. The van der Waals surface area contributed by atoms with Gasteiger partial charge in [0.05, 0.1) is 0 Å². The number of fused-ring (bicyclic) bond motifs is 1. The summed E-state index contributed by atoms with van der Waals surface area (Å²) >= 11 is 0. The molecule has 2 saturated heterocycles. The zero-order chi connectivity index (χ0) is 19.8. The van der Waals surface area contributed by atoms with Crippen LogP contribution < -0.4 is 4.90 Å². The number of nitrogens with zero attached hydrogens (tertiary/aromatic N) is 6. The molecule has 2 aromatic heterocycles. The van der Waals surface area contributed by atoms with E-state index in [4.69, 9.17) is 0 Å². The van der Waals surface area contributed by atoms with E-state index in [1.165, 1.54) is 38.5 Å². The van der Waals surface area contributed by atoms with Crippen molar-refractivity contribution < 1.29 is 4.79 Å². The zero-order valence-electron chi connectivity index (χ0n) is 17.5. The van der Waals surface area contributed by atoms with E-state index in [9.17, 15) is 4.79 Å². The van der Waals surface area contributed by atoms with Crippen LogP contribution in [0.3, 0.4) is 0 Å². The number of likely N-dealkylation sites (tertiary alicyclic amines) is 1. The van der Waals surface area contributed by atoms with Crippen molar-refractivity contribution in [1.29, 1.82) is 0 Å². The number of carbonyl (C=O) groups is 1. The Kier molecular flexibility index (Phi) is 5.14. The van der Waals surface area contributed by atoms with Gasteiger partial charge in [-0.2, -0.15) is 14.6 Å². The second-order valence-electron chi connectivity index (χ2n) is 9.20. The zero-order valence-corrected chi connectivity index (χ0v) is 17.5. The molecule has 2 aromatic rings. The molecule has 1 amide bonds. The largest absolute Gasteiger partial charge is 0.356 e. The van der Waals surface area contributed by atoms with Gasteiger partial charge in [-0.05, 0) is 63.7 Å². The minimum absolute atomic E-state index is 0.343. The van der Waals surface area contributed by atoms with Crippen LogP contribution in [0.25, 0.3) is 5.78 Å². The van der Waals surface area contributed by atoms with Crippen molar-refractivity contribution in [1.82, 2.24) is 24.5 Å². The lowest BCUT2D eigenvalue weighted by Gasteiger charge is -2.39. The highest BCUT2D eigenvalue weighted by molar-refractivity contribution is 5.79. The summed E-state index contributed by atoms with van der Waals surface area (Å²) < 4.78 is 1.87. The number of aryl methyl sites for hydroxylation is 1. The number of anilines is 1. The Morgan fingerprint density at radius 2 is 1.72 bits per heavy atom. The van der Waals surface area contributed by atoms with Crippen molar-refractivity contribution in [2.24, 2.45) is 17.8 Å². The Labute approximate surface area is 172 Å². The SMILES string of the molecule is Cc1cc(N2CCCC(C3CCN(C(=O)C4CCC4)CC3)CC2)n2ncnc2n1. The lowest BCUT2D eigenvalue weighted by Crippen LogP contribution is -2.44. The third-order valence-corrected chi connectivity index (χ3v) is 7.43. The molecule has 0 spiro atoms. The lowest BCUT2D eigenvalue weighted by atomic mass is 9.79. The molecule has 3 fully saturated rings. The molecule has 3 aliphatic rings. The van der Waals surface area contributed by atoms with E-state index < -0.39 is 0 Å². The van der Waals surface area contributed by atoms with Crippen LogP contribution in [-0.4, -0.2) is 56.6 Å². The van der Waals surface area contributed by atoms with Gasteiger partial charge < -0.3 is 9.80 Å². The molecule has 4 heterocycles. The first kappa shape index (κ1) is 18.8. The molecule has 0 N–H and O–H groups in total. The number of rotatable bonds is 3. The van der Waals surface area contributed by atoms with Crippen molar-refractivity contribution in [3.63, 3.8) is 0 Å². The van der Waals surface area contributed by atoms with Gasteiger partial charge in [0.2, 0.25) is 5.91 Å². The maximum Gasteiger partial charge on any atom is 0.254 e. The average molecular weight is 397 g/mol. The van der Waals surface area contributed by atoms with Crippen molar-refractivity contribution in [3.8, 4) is 0 Å². The van der Waals surface area contributed by atoms with E-state index >= 15 is 0 Å². The molecule has 0 bridgehead atoms. The molecule has 1 atom stereocenters. The average Bonchev–Trinajstić information content (AvgIpc) is 3.01. The molecule has 0 radical (unpaired) electrons. The number of hydrogen-bond acceptors (Lipinski definition) is 5. The van der Waals surface area contributed by atoms with Gasteiger partial charge in [-0.25, -0.2) is 4.98 Å². The third-order valence-electron chi connectivity index (χ3n) is 7.43. The van der Waals surface area contributed by atoms with Crippen LogP contribution in [0.1, 0.15) is 57.1 Å². The summed E-state index contributed by atoms with van der Waals surface area (Å²) in [5.41, 5.74) is 0.991. The van der Waals surface area contributed by atoms with E-state index in [-0.39, 0.29) is 0 Å². The molecule has 0 aromatic carbocycles. The molecular weight excluding hydrogens is 364 g/mol. The highest BCUT2D eigenvalue weighted by Crippen LogP contribution is 2.35. The van der Waals surface area contributed by atoms with Crippen molar-refractivity contribution in [2.45, 2.75) is 58.3 Å². The van der Waals surface area contributed by atoms with Crippen LogP contribution in [0.15, 0.2) is 12.4 Å². The number of aromatic nitrogens is 4. The first-order chi connectivity index (χ1) is 14.2. The number of hydrogen-bond donors (Lipinski definition) is 0. The molecule has 7 heteroatoms. The summed E-state index contributed by atoms with van der Waals surface area (Å²) in [5, 5.41) is 4.39. The normalized spacial score (nSPS) is 24.5. The second-order valence-corrected chi connectivity index (χ2v) is 9.20. The van der Waals surface area contributed by atoms with Gasteiger partial charge in [0.25, 0.3) is 5.78 Å². The molecule has 1 saturated carbocycles. The monoisotopic (exact) mass is 396 g/mol. The molecule has 1 aliphatic carbocycles. The highest BCUT2D eigenvalue weighted by atomic mass is 16.2. The minimum atomic E-state index is 0.343.